The molecule has 2 aliphatic rings. The van der Waals surface area contributed by atoms with Crippen LogP contribution in [0.25, 0.3) is 0 Å². The molecule has 2 amide bonds. The molecule has 2 aromatic carbocycles. The summed E-state index contributed by atoms with van der Waals surface area (Å²) < 4.78 is 36.9. The molecule has 322 valence electrons. The molecule has 0 aliphatic carbocycles. The van der Waals surface area contributed by atoms with Gasteiger partial charge in [-0.15, -0.1) is 12.4 Å². The number of halogens is 3. The average molecular weight is 851 g/mol. The van der Waals surface area contributed by atoms with Crippen LogP contribution in [0.4, 0.5) is 20.2 Å². The van der Waals surface area contributed by atoms with Crippen LogP contribution in [0.1, 0.15) is 71.6 Å². The third kappa shape index (κ3) is 14.3. The van der Waals surface area contributed by atoms with E-state index < -0.39 is 23.6 Å². The van der Waals surface area contributed by atoms with Crippen LogP contribution in [0.2, 0.25) is 0 Å². The van der Waals surface area contributed by atoms with Crippen LogP contribution in [-0.4, -0.2) is 91.9 Å². The average Bonchev–Trinajstić information content (AvgIpc) is 3.27. The highest BCUT2D eigenvalue weighted by molar-refractivity contribution is 5.96. The summed E-state index contributed by atoms with van der Waals surface area (Å²) in [4.78, 5) is 72.4. The fourth-order valence-corrected chi connectivity index (χ4v) is 6.72. The molecule has 0 atom stereocenters. The van der Waals surface area contributed by atoms with E-state index in [9.17, 15) is 28.0 Å². The number of benzene rings is 2. The van der Waals surface area contributed by atoms with Gasteiger partial charge in [0.15, 0.2) is 0 Å². The highest BCUT2D eigenvalue weighted by Gasteiger charge is 2.30. The standard InChI is InChI=1S/C22H26FN3O3.C20H22FN3O3.C2H4O.ClH/c1-3-25-11-9-16(10-12-25)21(27)26(20-6-4-5-18(23)13-20)15-19-8-7-17(14-24-19)22(28)29-2;1-27-20(26)15-5-6-17(23-12-15)13-24(18-4-2-3-16(21)11-18)19(25)14-7-9-22-10-8-14;1-2-3;/h4-8,13-14,16H,3,9-12,15H2,1-2H3;2-6,11-12,14,22H,7-10,13H2,1H3;2H,1H3;1H. The lowest BCUT2D eigenvalue weighted by molar-refractivity contribution is -0.124. The fourth-order valence-electron chi connectivity index (χ4n) is 6.72. The molecule has 2 aromatic heterocycles. The monoisotopic (exact) mass is 850 g/mol. The van der Waals surface area contributed by atoms with Gasteiger partial charge in [-0.25, -0.2) is 18.4 Å². The van der Waals surface area contributed by atoms with Crippen LogP contribution in [0.3, 0.4) is 0 Å². The Labute approximate surface area is 355 Å². The predicted molar refractivity (Wildman–Crippen MR) is 226 cm³/mol. The van der Waals surface area contributed by atoms with Crippen LogP contribution in [0, 0.1) is 23.5 Å². The van der Waals surface area contributed by atoms with Crippen molar-refractivity contribution >= 4 is 53.8 Å². The van der Waals surface area contributed by atoms with Crippen LogP contribution < -0.4 is 15.1 Å². The van der Waals surface area contributed by atoms with E-state index in [4.69, 9.17) is 4.79 Å². The van der Waals surface area contributed by atoms with Gasteiger partial charge in [0.05, 0.1) is 49.8 Å². The Morgan fingerprint density at radius 2 is 1.15 bits per heavy atom. The summed E-state index contributed by atoms with van der Waals surface area (Å²) in [7, 11) is 2.62. The number of methoxy groups -OCH3 is 2. The predicted octanol–water partition coefficient (Wildman–Crippen LogP) is 6.44. The fraction of sp³-hybridized carbons (Fsp3) is 0.386. The van der Waals surface area contributed by atoms with Gasteiger partial charge >= 0.3 is 11.9 Å². The van der Waals surface area contributed by atoms with E-state index in [1.54, 1.807) is 58.3 Å². The molecule has 2 fully saturated rings. The number of piperidine rings is 2. The highest BCUT2D eigenvalue weighted by atomic mass is 35.5. The van der Waals surface area contributed by atoms with E-state index in [0.717, 1.165) is 64.7 Å². The molecule has 1 N–H and O–H groups in total. The largest absolute Gasteiger partial charge is 0.465 e. The Balaban J connectivity index is 0.000000297. The number of nitrogens with zero attached hydrogens (tertiary/aromatic N) is 5. The lowest BCUT2D eigenvalue weighted by Crippen LogP contribution is -2.42. The van der Waals surface area contributed by atoms with Crippen molar-refractivity contribution in [3.05, 3.63) is 119 Å². The van der Waals surface area contributed by atoms with Crippen LogP contribution in [0.5, 0.6) is 0 Å². The zero-order chi connectivity index (χ0) is 42.7. The summed E-state index contributed by atoms with van der Waals surface area (Å²) >= 11 is 0. The maximum atomic E-state index is 13.8. The van der Waals surface area contributed by atoms with E-state index in [0.29, 0.717) is 33.9 Å². The van der Waals surface area contributed by atoms with Crippen LogP contribution in [0.15, 0.2) is 85.2 Å². The van der Waals surface area contributed by atoms with Gasteiger partial charge in [0, 0.05) is 35.6 Å². The van der Waals surface area contributed by atoms with Gasteiger partial charge in [-0.1, -0.05) is 19.1 Å². The summed E-state index contributed by atoms with van der Waals surface area (Å²) in [6.07, 6.45) is 6.66. The molecule has 0 unspecified atom stereocenters. The first-order chi connectivity index (χ1) is 28.5. The number of hydrogen-bond acceptors (Lipinski definition) is 11. The van der Waals surface area contributed by atoms with Crippen LogP contribution >= 0.6 is 12.4 Å². The molecule has 2 aliphatic heterocycles. The molecule has 6 rings (SSSR count). The Morgan fingerprint density at radius 1 is 0.733 bits per heavy atom. The van der Waals surface area contributed by atoms with Gasteiger partial charge in [-0.2, -0.15) is 0 Å². The number of ether oxygens (including phenoxy) is 2. The molecule has 60 heavy (non-hydrogen) atoms. The van der Waals surface area contributed by atoms with E-state index in [1.165, 1.54) is 57.8 Å². The molecule has 4 heterocycles. The number of pyridine rings is 2. The number of aldehydes is 1. The quantitative estimate of drug-likeness (QED) is 0.131. The summed E-state index contributed by atoms with van der Waals surface area (Å²) in [6.45, 7) is 8.30. The van der Waals surface area contributed by atoms with Crippen molar-refractivity contribution in [2.24, 2.45) is 11.8 Å². The molecule has 4 aromatic rings. The molecule has 13 nitrogen and oxygen atoms in total. The number of rotatable bonds is 11. The van der Waals surface area contributed by atoms with Crippen molar-refractivity contribution in [2.45, 2.75) is 52.6 Å². The maximum absolute atomic E-state index is 13.8. The zero-order valence-electron chi connectivity index (χ0n) is 34.4. The molecule has 0 radical (unpaired) electrons. The lowest BCUT2D eigenvalue weighted by Gasteiger charge is -2.33. The Hall–Kier alpha value is -5.64. The van der Waals surface area contributed by atoms with Crippen molar-refractivity contribution in [3.63, 3.8) is 0 Å². The second-order valence-corrected chi connectivity index (χ2v) is 13.8. The number of nitrogens with one attached hydrogen (secondary N) is 1. The third-order valence-corrected chi connectivity index (χ3v) is 9.98. The topological polar surface area (TPSA) is 151 Å². The molecular formula is C44H53ClF2N6O7. The number of esters is 2. The van der Waals surface area contributed by atoms with Gasteiger partial charge < -0.3 is 34.3 Å². The van der Waals surface area contributed by atoms with E-state index in [1.807, 2.05) is 0 Å². The molecule has 16 heteroatoms. The van der Waals surface area contributed by atoms with Gasteiger partial charge in [0.25, 0.3) is 0 Å². The van der Waals surface area contributed by atoms with Crippen LogP contribution in [-0.2, 0) is 36.9 Å². The first-order valence-corrected chi connectivity index (χ1v) is 19.5. The minimum atomic E-state index is -0.471. The van der Waals surface area contributed by atoms with Gasteiger partial charge in [-0.05, 0) is 126 Å². The minimum absolute atomic E-state index is 0. The summed E-state index contributed by atoms with van der Waals surface area (Å²) in [5, 5.41) is 3.24. The first-order valence-electron chi connectivity index (χ1n) is 19.5. The molecule has 0 bridgehead atoms. The number of hydrogen-bond donors (Lipinski definition) is 1. The first kappa shape index (κ1) is 48.7. The molecular weight excluding hydrogens is 798 g/mol. The zero-order valence-corrected chi connectivity index (χ0v) is 35.2. The number of aromatic nitrogens is 2. The Morgan fingerprint density at radius 3 is 1.50 bits per heavy atom. The number of likely N-dealkylation sites (tertiary alicyclic amines) is 1. The number of carbonyl (C=O) groups excluding carboxylic acids is 5. The van der Waals surface area contributed by atoms with Gasteiger partial charge in [-0.3, -0.25) is 19.6 Å². The maximum Gasteiger partial charge on any atom is 0.339 e. The molecule has 0 saturated carbocycles. The Bertz CT molecular complexity index is 1990. The summed E-state index contributed by atoms with van der Waals surface area (Å²) in [6, 6.07) is 18.6. The smallest absolute Gasteiger partial charge is 0.339 e. The van der Waals surface area contributed by atoms with E-state index in [2.05, 4.69) is 36.6 Å². The highest BCUT2D eigenvalue weighted by Crippen LogP contribution is 2.27. The van der Waals surface area contributed by atoms with Crippen molar-refractivity contribution in [1.82, 2.24) is 20.2 Å². The van der Waals surface area contributed by atoms with Gasteiger partial charge in [0.2, 0.25) is 11.8 Å². The number of amides is 2. The van der Waals surface area contributed by atoms with Crippen molar-refractivity contribution in [1.29, 1.82) is 0 Å². The molecule has 2 saturated heterocycles. The minimum Gasteiger partial charge on any atom is -0.465 e. The Kier molecular flexibility index (Phi) is 20.4. The second kappa shape index (κ2) is 25.1. The SMILES string of the molecule is CC=O.CCN1CCC(C(=O)N(Cc2ccc(C(=O)OC)cn2)c2cccc(F)c2)CC1.COC(=O)c1ccc(CN(C(=O)C2CCNCC2)c2cccc(F)c2)nc1.Cl. The van der Waals surface area contributed by atoms with Crippen molar-refractivity contribution in [3.8, 4) is 0 Å². The van der Waals surface area contributed by atoms with E-state index >= 15 is 0 Å². The lowest BCUT2D eigenvalue weighted by atomic mass is 9.95. The van der Waals surface area contributed by atoms with Gasteiger partial charge in [0.1, 0.15) is 17.9 Å². The summed E-state index contributed by atoms with van der Waals surface area (Å²) in [5.74, 6) is -2.00. The molecule has 0 spiro atoms. The van der Waals surface area contributed by atoms with Crippen molar-refractivity contribution in [2.75, 3.05) is 56.7 Å². The van der Waals surface area contributed by atoms with Crippen molar-refractivity contribution < 1.29 is 42.2 Å². The number of carbonyl (C=O) groups is 5. The number of anilines is 2. The normalized spacial score (nSPS) is 14.1. The van der Waals surface area contributed by atoms with E-state index in [-0.39, 0.29) is 49.1 Å². The summed E-state index contributed by atoms with van der Waals surface area (Å²) in [5.41, 5.74) is 2.90. The second-order valence-electron chi connectivity index (χ2n) is 13.8. The third-order valence-electron chi connectivity index (χ3n) is 9.98.